The molecular formula is C16H25N3O4. The van der Waals surface area contributed by atoms with Crippen LogP contribution in [0.4, 0.5) is 0 Å². The summed E-state index contributed by atoms with van der Waals surface area (Å²) in [6.07, 6.45) is 4.32. The Morgan fingerprint density at radius 1 is 1.43 bits per heavy atom. The zero-order valence-electron chi connectivity index (χ0n) is 14.1. The lowest BCUT2D eigenvalue weighted by molar-refractivity contribution is -0.119. The predicted octanol–water partition coefficient (Wildman–Crippen LogP) is 1.65. The van der Waals surface area contributed by atoms with Crippen LogP contribution in [0.25, 0.3) is 0 Å². The maximum absolute atomic E-state index is 11.8. The van der Waals surface area contributed by atoms with Gasteiger partial charge in [-0.15, -0.1) is 0 Å². The standard InChI is InChI=1S/C16H25N3O4/c1-11-14(15(18-23-11)16(21)22-3)10-19-9-5-4-6-13(19)7-8-17-12(2)20/h13H,4-10H2,1-3H3,(H,17,20)/t13-/m0/s1. The highest BCUT2D eigenvalue weighted by Gasteiger charge is 2.27. The minimum absolute atomic E-state index is 0.00443. The van der Waals surface area contributed by atoms with E-state index in [1.165, 1.54) is 20.5 Å². The Labute approximate surface area is 136 Å². The van der Waals surface area contributed by atoms with E-state index >= 15 is 0 Å². The Hall–Kier alpha value is -1.89. The summed E-state index contributed by atoms with van der Waals surface area (Å²) < 4.78 is 9.94. The number of likely N-dealkylation sites (tertiary alicyclic amines) is 1. The first-order valence-corrected chi connectivity index (χ1v) is 8.05. The summed E-state index contributed by atoms with van der Waals surface area (Å²) in [6.45, 7) is 5.59. The normalized spacial score (nSPS) is 18.7. The average Bonchev–Trinajstić information content (AvgIpc) is 2.89. The maximum Gasteiger partial charge on any atom is 0.360 e. The lowest BCUT2D eigenvalue weighted by Gasteiger charge is -2.35. The van der Waals surface area contributed by atoms with Crippen LogP contribution in [0.3, 0.4) is 0 Å². The van der Waals surface area contributed by atoms with Gasteiger partial charge in [0.25, 0.3) is 0 Å². The van der Waals surface area contributed by atoms with E-state index in [4.69, 9.17) is 9.26 Å². The first kappa shape index (κ1) is 17.5. The molecule has 1 N–H and O–H groups in total. The van der Waals surface area contributed by atoms with Gasteiger partial charge < -0.3 is 14.6 Å². The van der Waals surface area contributed by atoms with Gasteiger partial charge in [0, 0.05) is 31.6 Å². The van der Waals surface area contributed by atoms with Crippen LogP contribution in [-0.4, -0.2) is 48.2 Å². The summed E-state index contributed by atoms with van der Waals surface area (Å²) in [5.41, 5.74) is 1.06. The van der Waals surface area contributed by atoms with Crippen LogP contribution < -0.4 is 5.32 Å². The van der Waals surface area contributed by atoms with E-state index in [9.17, 15) is 9.59 Å². The van der Waals surface area contributed by atoms with Gasteiger partial charge in [0.2, 0.25) is 5.91 Å². The van der Waals surface area contributed by atoms with Gasteiger partial charge in [-0.05, 0) is 32.7 Å². The van der Waals surface area contributed by atoms with Gasteiger partial charge in [-0.25, -0.2) is 4.79 Å². The minimum Gasteiger partial charge on any atom is -0.464 e. The van der Waals surface area contributed by atoms with Crippen LogP contribution in [0, 0.1) is 6.92 Å². The third-order valence-corrected chi connectivity index (χ3v) is 4.33. The number of amides is 1. The number of methoxy groups -OCH3 is 1. The number of nitrogens with zero attached hydrogens (tertiary/aromatic N) is 2. The molecule has 1 saturated heterocycles. The summed E-state index contributed by atoms with van der Waals surface area (Å²) in [4.78, 5) is 25.2. The fourth-order valence-corrected chi connectivity index (χ4v) is 3.05. The second-order valence-electron chi connectivity index (χ2n) is 5.95. The van der Waals surface area contributed by atoms with Crippen molar-refractivity contribution in [2.45, 2.75) is 52.1 Å². The molecule has 0 aromatic carbocycles. The van der Waals surface area contributed by atoms with Crippen molar-refractivity contribution in [3.8, 4) is 0 Å². The highest BCUT2D eigenvalue weighted by atomic mass is 16.5. The van der Waals surface area contributed by atoms with Gasteiger partial charge in [0.1, 0.15) is 5.76 Å². The van der Waals surface area contributed by atoms with Gasteiger partial charge >= 0.3 is 5.97 Å². The molecule has 7 heteroatoms. The molecular weight excluding hydrogens is 298 g/mol. The van der Waals surface area contributed by atoms with Crippen LogP contribution in [0.2, 0.25) is 0 Å². The van der Waals surface area contributed by atoms with E-state index in [0.29, 0.717) is 24.9 Å². The van der Waals surface area contributed by atoms with Crippen molar-refractivity contribution < 1.29 is 18.8 Å². The summed E-state index contributed by atoms with van der Waals surface area (Å²) in [5, 5.41) is 6.68. The molecule has 1 aromatic heterocycles. The molecule has 128 valence electrons. The number of piperidine rings is 1. The molecule has 2 rings (SSSR count). The zero-order valence-corrected chi connectivity index (χ0v) is 14.1. The lowest BCUT2D eigenvalue weighted by Crippen LogP contribution is -2.41. The van der Waals surface area contributed by atoms with E-state index < -0.39 is 5.97 Å². The van der Waals surface area contributed by atoms with Crippen molar-refractivity contribution in [2.24, 2.45) is 0 Å². The fraction of sp³-hybridized carbons (Fsp3) is 0.688. The third-order valence-electron chi connectivity index (χ3n) is 4.33. The smallest absolute Gasteiger partial charge is 0.360 e. The molecule has 1 fully saturated rings. The number of aromatic nitrogens is 1. The number of aryl methyl sites for hydroxylation is 1. The van der Waals surface area contributed by atoms with Gasteiger partial charge in [-0.1, -0.05) is 11.6 Å². The van der Waals surface area contributed by atoms with Crippen LogP contribution in [0.5, 0.6) is 0 Å². The molecule has 0 aliphatic carbocycles. The summed E-state index contributed by atoms with van der Waals surface area (Å²) >= 11 is 0. The number of rotatable bonds is 6. The topological polar surface area (TPSA) is 84.7 Å². The van der Waals surface area contributed by atoms with Gasteiger partial charge in [-0.3, -0.25) is 9.69 Å². The van der Waals surface area contributed by atoms with Crippen LogP contribution in [0.15, 0.2) is 4.52 Å². The number of hydrogen-bond acceptors (Lipinski definition) is 6. The lowest BCUT2D eigenvalue weighted by atomic mass is 9.98. The molecule has 0 unspecified atom stereocenters. The quantitative estimate of drug-likeness (QED) is 0.801. The third kappa shape index (κ3) is 4.54. The van der Waals surface area contributed by atoms with E-state index in [1.807, 2.05) is 6.92 Å². The Kier molecular flexibility index (Phi) is 6.15. The molecule has 1 aliphatic heterocycles. The van der Waals surface area contributed by atoms with Crippen molar-refractivity contribution in [2.75, 3.05) is 20.2 Å². The van der Waals surface area contributed by atoms with E-state index in [0.717, 1.165) is 31.4 Å². The van der Waals surface area contributed by atoms with Crippen molar-refractivity contribution in [3.05, 3.63) is 17.0 Å². The number of esters is 1. The molecule has 1 aromatic rings. The molecule has 0 saturated carbocycles. The molecule has 7 nitrogen and oxygen atoms in total. The van der Waals surface area contributed by atoms with E-state index in [1.54, 1.807) is 0 Å². The van der Waals surface area contributed by atoms with Crippen LogP contribution in [0.1, 0.15) is 54.4 Å². The molecule has 1 amide bonds. The zero-order chi connectivity index (χ0) is 16.8. The summed E-state index contributed by atoms with van der Waals surface area (Å²) in [6, 6.07) is 0.385. The van der Waals surface area contributed by atoms with Crippen molar-refractivity contribution in [1.29, 1.82) is 0 Å². The number of hydrogen-bond donors (Lipinski definition) is 1. The first-order chi connectivity index (χ1) is 11.0. The number of carbonyl (C=O) groups is 2. The van der Waals surface area contributed by atoms with Crippen LogP contribution in [-0.2, 0) is 16.1 Å². The Bertz CT molecular complexity index is 556. The average molecular weight is 323 g/mol. The number of ether oxygens (including phenoxy) is 1. The SMILES string of the molecule is COC(=O)c1noc(C)c1CN1CCCC[C@H]1CCNC(C)=O. The molecule has 0 spiro atoms. The van der Waals surface area contributed by atoms with Crippen LogP contribution >= 0.6 is 0 Å². The summed E-state index contributed by atoms with van der Waals surface area (Å²) in [7, 11) is 1.34. The Morgan fingerprint density at radius 2 is 2.22 bits per heavy atom. The van der Waals surface area contributed by atoms with Crippen molar-refractivity contribution in [3.63, 3.8) is 0 Å². The second-order valence-corrected chi connectivity index (χ2v) is 5.95. The Balaban J connectivity index is 2.05. The molecule has 0 bridgehead atoms. The number of nitrogens with one attached hydrogen (secondary N) is 1. The summed E-state index contributed by atoms with van der Waals surface area (Å²) in [5.74, 6) is 0.176. The largest absolute Gasteiger partial charge is 0.464 e. The molecule has 1 aliphatic rings. The van der Waals surface area contributed by atoms with Gasteiger partial charge in [0.15, 0.2) is 5.69 Å². The van der Waals surface area contributed by atoms with Gasteiger partial charge in [0.05, 0.1) is 7.11 Å². The highest BCUT2D eigenvalue weighted by molar-refractivity contribution is 5.88. The Morgan fingerprint density at radius 3 is 2.91 bits per heavy atom. The van der Waals surface area contributed by atoms with E-state index in [-0.39, 0.29) is 11.6 Å². The highest BCUT2D eigenvalue weighted by Crippen LogP contribution is 2.24. The van der Waals surface area contributed by atoms with Crippen molar-refractivity contribution >= 4 is 11.9 Å². The molecule has 0 radical (unpaired) electrons. The molecule has 23 heavy (non-hydrogen) atoms. The monoisotopic (exact) mass is 323 g/mol. The molecule has 2 heterocycles. The first-order valence-electron chi connectivity index (χ1n) is 8.05. The fourth-order valence-electron chi connectivity index (χ4n) is 3.05. The molecule has 1 atom stereocenters. The minimum atomic E-state index is -0.469. The number of carbonyl (C=O) groups excluding carboxylic acids is 2. The van der Waals surface area contributed by atoms with Crippen molar-refractivity contribution in [1.82, 2.24) is 15.4 Å². The van der Waals surface area contributed by atoms with E-state index in [2.05, 4.69) is 15.4 Å². The van der Waals surface area contributed by atoms with Gasteiger partial charge in [-0.2, -0.15) is 0 Å². The maximum atomic E-state index is 11.8. The predicted molar refractivity (Wildman–Crippen MR) is 83.9 cm³/mol. The second kappa shape index (κ2) is 8.10.